The second-order valence-corrected chi connectivity index (χ2v) is 6.00. The highest BCUT2D eigenvalue weighted by molar-refractivity contribution is 9.10. The molecule has 1 N–H and O–H groups in total. The van der Waals surface area contributed by atoms with Gasteiger partial charge in [-0.1, -0.05) is 11.3 Å². The number of sulfonamides is 1. The molecule has 7 nitrogen and oxygen atoms in total. The molecule has 0 aliphatic rings. The number of rotatable bonds is 4. The number of ether oxygens (including phenoxy) is 1. The van der Waals surface area contributed by atoms with E-state index in [4.69, 9.17) is 4.74 Å². The Hall–Kier alpha value is -1.61. The molecule has 2 rings (SSSR count). The molecule has 102 valence electrons. The van der Waals surface area contributed by atoms with Gasteiger partial charge in [0.1, 0.15) is 5.75 Å². The van der Waals surface area contributed by atoms with Crippen LogP contribution in [0.3, 0.4) is 0 Å². The molecule has 0 spiro atoms. The third kappa shape index (κ3) is 2.87. The van der Waals surface area contributed by atoms with Crippen molar-refractivity contribution >= 4 is 31.6 Å². The van der Waals surface area contributed by atoms with Crippen molar-refractivity contribution < 1.29 is 13.2 Å². The zero-order valence-corrected chi connectivity index (χ0v) is 12.6. The average molecular weight is 347 g/mol. The quantitative estimate of drug-likeness (QED) is 0.903. The molecule has 19 heavy (non-hydrogen) atoms. The molecule has 0 unspecified atom stereocenters. The highest BCUT2D eigenvalue weighted by Crippen LogP contribution is 2.23. The molecule has 0 saturated carbocycles. The molecule has 2 aromatic rings. The topological polar surface area (TPSA) is 86.1 Å². The smallest absolute Gasteiger partial charge is 0.281 e. The van der Waals surface area contributed by atoms with E-state index in [2.05, 4.69) is 31.0 Å². The molecule has 1 heterocycles. The Balaban J connectivity index is 2.36. The second kappa shape index (κ2) is 5.17. The van der Waals surface area contributed by atoms with Crippen molar-refractivity contribution in [2.24, 2.45) is 7.05 Å². The summed E-state index contributed by atoms with van der Waals surface area (Å²) in [6.45, 7) is 0. The molecule has 0 aliphatic heterocycles. The fraction of sp³-hybridized carbons (Fsp3) is 0.200. The minimum Gasteiger partial charge on any atom is -0.497 e. The number of nitrogens with zero attached hydrogens (tertiary/aromatic N) is 3. The summed E-state index contributed by atoms with van der Waals surface area (Å²) in [6.07, 6.45) is 0. The summed E-state index contributed by atoms with van der Waals surface area (Å²) in [6, 6.07) is 6.61. The normalized spacial score (nSPS) is 11.3. The molecule has 0 atom stereocenters. The van der Waals surface area contributed by atoms with Gasteiger partial charge in [-0.3, -0.25) is 4.72 Å². The van der Waals surface area contributed by atoms with Crippen LogP contribution in [-0.4, -0.2) is 30.5 Å². The van der Waals surface area contributed by atoms with Crippen LogP contribution in [0.15, 0.2) is 33.9 Å². The monoisotopic (exact) mass is 346 g/mol. The fourth-order valence-corrected chi connectivity index (χ4v) is 3.65. The van der Waals surface area contributed by atoms with Crippen molar-refractivity contribution in [3.8, 4) is 5.75 Å². The first kappa shape index (κ1) is 13.8. The molecule has 0 amide bonds. The first-order valence-corrected chi connectivity index (χ1v) is 7.43. The Morgan fingerprint density at radius 3 is 2.74 bits per heavy atom. The molecule has 1 aromatic carbocycles. The number of halogens is 1. The number of nitrogens with one attached hydrogen (secondary N) is 1. The Kier molecular flexibility index (Phi) is 3.76. The first-order chi connectivity index (χ1) is 8.94. The van der Waals surface area contributed by atoms with Gasteiger partial charge in [0.2, 0.25) is 5.03 Å². The number of hydrogen-bond donors (Lipinski definition) is 1. The molecule has 0 bridgehead atoms. The van der Waals surface area contributed by atoms with Crippen molar-refractivity contribution in [1.29, 1.82) is 0 Å². The average Bonchev–Trinajstić information content (AvgIpc) is 2.69. The lowest BCUT2D eigenvalue weighted by molar-refractivity contribution is 0.415. The molecular formula is C10H11BrN4O3S. The zero-order valence-electron chi connectivity index (χ0n) is 10.2. The van der Waals surface area contributed by atoms with Crippen LogP contribution in [0, 0.1) is 0 Å². The van der Waals surface area contributed by atoms with Gasteiger partial charge in [0.25, 0.3) is 10.0 Å². The maximum atomic E-state index is 12.2. The number of methoxy groups -OCH3 is 1. The molecular weight excluding hydrogens is 336 g/mol. The summed E-state index contributed by atoms with van der Waals surface area (Å²) in [5.74, 6) is 0.558. The van der Waals surface area contributed by atoms with Crippen LogP contribution < -0.4 is 9.46 Å². The van der Waals surface area contributed by atoms with E-state index >= 15 is 0 Å². The van der Waals surface area contributed by atoms with Gasteiger partial charge in [0.15, 0.2) is 4.60 Å². The molecule has 1 aromatic heterocycles. The standard InChI is InChI=1S/C10H11BrN4O3S/c1-15-10(9(11)12-14-15)19(16,17)13-7-4-3-5-8(6-7)18-2/h3-6,13H,1-2H3. The van der Waals surface area contributed by atoms with E-state index in [1.54, 1.807) is 24.3 Å². The Morgan fingerprint density at radius 1 is 1.42 bits per heavy atom. The summed E-state index contributed by atoms with van der Waals surface area (Å²) in [5, 5.41) is 7.23. The lowest BCUT2D eigenvalue weighted by Gasteiger charge is -2.09. The third-order valence-corrected chi connectivity index (χ3v) is 4.58. The SMILES string of the molecule is COc1cccc(NS(=O)(=O)c2c(Br)nnn2C)c1. The second-order valence-electron chi connectivity index (χ2n) is 3.65. The Morgan fingerprint density at radius 2 is 2.16 bits per heavy atom. The fourth-order valence-electron chi connectivity index (χ4n) is 1.50. The van der Waals surface area contributed by atoms with Gasteiger partial charge in [0, 0.05) is 13.1 Å². The highest BCUT2D eigenvalue weighted by atomic mass is 79.9. The van der Waals surface area contributed by atoms with Gasteiger partial charge in [0.05, 0.1) is 12.8 Å². The maximum Gasteiger partial charge on any atom is 0.281 e. The van der Waals surface area contributed by atoms with E-state index in [9.17, 15) is 8.42 Å². The van der Waals surface area contributed by atoms with E-state index in [0.717, 1.165) is 0 Å². The number of aryl methyl sites for hydroxylation is 1. The lowest BCUT2D eigenvalue weighted by atomic mass is 10.3. The van der Waals surface area contributed by atoms with Crippen LogP contribution >= 0.6 is 15.9 Å². The molecule has 0 saturated heterocycles. The van der Waals surface area contributed by atoms with Gasteiger partial charge >= 0.3 is 0 Å². The van der Waals surface area contributed by atoms with E-state index in [-0.39, 0.29) is 9.63 Å². The maximum absolute atomic E-state index is 12.2. The largest absolute Gasteiger partial charge is 0.497 e. The lowest BCUT2D eigenvalue weighted by Crippen LogP contribution is -2.17. The summed E-state index contributed by atoms with van der Waals surface area (Å²) >= 11 is 3.06. The van der Waals surface area contributed by atoms with Crippen molar-refractivity contribution in [2.45, 2.75) is 5.03 Å². The molecule has 0 radical (unpaired) electrons. The highest BCUT2D eigenvalue weighted by Gasteiger charge is 2.24. The molecule has 9 heteroatoms. The number of benzene rings is 1. The van der Waals surface area contributed by atoms with E-state index < -0.39 is 10.0 Å². The minimum absolute atomic E-state index is 0.0460. The predicted octanol–water partition coefficient (Wildman–Crippen LogP) is 1.39. The Bertz CT molecular complexity index is 679. The summed E-state index contributed by atoms with van der Waals surface area (Å²) in [4.78, 5) is 0. The van der Waals surface area contributed by atoms with Crippen molar-refractivity contribution in [3.63, 3.8) is 0 Å². The first-order valence-electron chi connectivity index (χ1n) is 5.16. The van der Waals surface area contributed by atoms with Crippen LogP contribution in [-0.2, 0) is 17.1 Å². The van der Waals surface area contributed by atoms with Gasteiger partial charge in [-0.05, 0) is 28.1 Å². The van der Waals surface area contributed by atoms with Crippen LogP contribution in [0.25, 0.3) is 0 Å². The van der Waals surface area contributed by atoms with Crippen molar-refractivity contribution in [3.05, 3.63) is 28.9 Å². The van der Waals surface area contributed by atoms with E-state index in [0.29, 0.717) is 11.4 Å². The molecule has 0 fully saturated rings. The summed E-state index contributed by atoms with van der Waals surface area (Å²) < 4.78 is 33.2. The summed E-state index contributed by atoms with van der Waals surface area (Å²) in [7, 11) is -0.764. The van der Waals surface area contributed by atoms with Gasteiger partial charge in [-0.2, -0.15) is 8.42 Å². The van der Waals surface area contributed by atoms with Crippen molar-refractivity contribution in [1.82, 2.24) is 15.0 Å². The van der Waals surface area contributed by atoms with E-state index in [1.807, 2.05) is 0 Å². The minimum atomic E-state index is -3.77. The Labute approximate surface area is 118 Å². The van der Waals surface area contributed by atoms with Crippen molar-refractivity contribution in [2.75, 3.05) is 11.8 Å². The van der Waals surface area contributed by atoms with Crippen LogP contribution in [0.5, 0.6) is 5.75 Å². The van der Waals surface area contributed by atoms with Crippen LogP contribution in [0.4, 0.5) is 5.69 Å². The van der Waals surface area contributed by atoms with Crippen LogP contribution in [0.1, 0.15) is 0 Å². The number of aromatic nitrogens is 3. The predicted molar refractivity (Wildman–Crippen MR) is 72.5 cm³/mol. The van der Waals surface area contributed by atoms with Gasteiger partial charge in [-0.15, -0.1) is 5.10 Å². The van der Waals surface area contributed by atoms with Gasteiger partial charge < -0.3 is 4.74 Å². The van der Waals surface area contributed by atoms with Gasteiger partial charge in [-0.25, -0.2) is 4.68 Å². The third-order valence-electron chi connectivity index (χ3n) is 2.31. The molecule has 0 aliphatic carbocycles. The van der Waals surface area contributed by atoms with E-state index in [1.165, 1.54) is 18.8 Å². The number of hydrogen-bond acceptors (Lipinski definition) is 5. The zero-order chi connectivity index (χ0) is 14.0. The summed E-state index contributed by atoms with van der Waals surface area (Å²) in [5.41, 5.74) is 0.396. The van der Waals surface area contributed by atoms with Crippen LogP contribution in [0.2, 0.25) is 0 Å². The number of anilines is 1.